The monoisotopic (exact) mass is 309 g/mol. The van der Waals surface area contributed by atoms with E-state index in [1.807, 2.05) is 6.92 Å². The van der Waals surface area contributed by atoms with E-state index in [1.165, 1.54) is 13.2 Å². The lowest BCUT2D eigenvalue weighted by Crippen LogP contribution is -2.37. The fourth-order valence-electron chi connectivity index (χ4n) is 1.84. The van der Waals surface area contributed by atoms with Gasteiger partial charge in [-0.3, -0.25) is 4.79 Å². The lowest BCUT2D eigenvalue weighted by molar-refractivity contribution is -0.140. The van der Waals surface area contributed by atoms with E-state index >= 15 is 0 Å². The molecule has 1 aromatic rings. The van der Waals surface area contributed by atoms with Crippen LogP contribution >= 0.6 is 0 Å². The summed E-state index contributed by atoms with van der Waals surface area (Å²) in [5.41, 5.74) is 0.561. The number of rotatable bonds is 8. The van der Waals surface area contributed by atoms with Gasteiger partial charge < -0.3 is 15.4 Å². The fourth-order valence-corrected chi connectivity index (χ4v) is 1.84. The Bertz CT molecular complexity index is 492. The quantitative estimate of drug-likeness (QED) is 0.334. The number of aliphatic imine (C=N–C) groups is 1. The van der Waals surface area contributed by atoms with Gasteiger partial charge in [-0.15, -0.1) is 0 Å². The molecule has 0 aromatic heterocycles. The van der Waals surface area contributed by atoms with Crippen LogP contribution in [0.25, 0.3) is 0 Å². The summed E-state index contributed by atoms with van der Waals surface area (Å²) in [6.07, 6.45) is 2.01. The first-order valence-electron chi connectivity index (χ1n) is 7.49. The number of esters is 1. The number of nitrogens with one attached hydrogen (secondary N) is 2. The van der Waals surface area contributed by atoms with E-state index in [2.05, 4.69) is 20.4 Å². The van der Waals surface area contributed by atoms with Gasteiger partial charge in [0.05, 0.1) is 13.7 Å². The Morgan fingerprint density at radius 2 is 2.05 bits per heavy atom. The molecule has 0 atom stereocenters. The normalized spacial score (nSPS) is 11.1. The van der Waals surface area contributed by atoms with Crippen LogP contribution in [0.15, 0.2) is 29.3 Å². The van der Waals surface area contributed by atoms with Crippen LogP contribution < -0.4 is 10.6 Å². The molecule has 6 heteroatoms. The summed E-state index contributed by atoms with van der Waals surface area (Å²) < 4.78 is 18.1. The first kappa shape index (κ1) is 17.9. The molecule has 0 spiro atoms. The highest BCUT2D eigenvalue weighted by atomic mass is 19.1. The molecule has 0 bridgehead atoms. The van der Waals surface area contributed by atoms with Gasteiger partial charge in [0, 0.05) is 25.1 Å². The molecule has 0 aliphatic carbocycles. The van der Waals surface area contributed by atoms with Gasteiger partial charge in [0.2, 0.25) is 0 Å². The summed E-state index contributed by atoms with van der Waals surface area (Å²) in [6, 6.07) is 6.60. The Labute approximate surface area is 131 Å². The van der Waals surface area contributed by atoms with Crippen molar-refractivity contribution in [3.8, 4) is 0 Å². The smallest absolute Gasteiger partial charge is 0.305 e. The number of guanidine groups is 1. The summed E-state index contributed by atoms with van der Waals surface area (Å²) in [6.45, 7) is 3.67. The summed E-state index contributed by atoms with van der Waals surface area (Å²) in [4.78, 5) is 15.3. The number of unbranched alkanes of at least 4 members (excludes halogenated alkanes) is 1. The number of benzene rings is 1. The van der Waals surface area contributed by atoms with Gasteiger partial charge >= 0.3 is 5.97 Å². The summed E-state index contributed by atoms with van der Waals surface area (Å²) in [7, 11) is 1.39. The predicted molar refractivity (Wildman–Crippen MR) is 85.1 cm³/mol. The molecule has 0 amide bonds. The third kappa shape index (κ3) is 7.06. The molecule has 0 aliphatic rings. The second-order valence-electron chi connectivity index (χ2n) is 4.75. The molecule has 1 rings (SSSR count). The zero-order chi connectivity index (χ0) is 16.2. The summed E-state index contributed by atoms with van der Waals surface area (Å²) >= 11 is 0. The summed E-state index contributed by atoms with van der Waals surface area (Å²) in [5.74, 6) is 0.198. The van der Waals surface area contributed by atoms with Crippen LogP contribution in [-0.2, 0) is 16.1 Å². The SMILES string of the molecule is CCNC(=NCc1ccccc1F)NCCCCC(=O)OC. The molecule has 5 nitrogen and oxygen atoms in total. The lowest BCUT2D eigenvalue weighted by Gasteiger charge is -2.11. The molecule has 0 saturated heterocycles. The molecule has 0 heterocycles. The Kier molecular flexibility index (Phi) is 8.64. The van der Waals surface area contributed by atoms with Gasteiger partial charge in [0.15, 0.2) is 5.96 Å². The number of nitrogens with zero attached hydrogens (tertiary/aromatic N) is 1. The van der Waals surface area contributed by atoms with Crippen molar-refractivity contribution in [3.63, 3.8) is 0 Å². The number of ether oxygens (including phenoxy) is 1. The first-order chi connectivity index (χ1) is 10.7. The van der Waals surface area contributed by atoms with Crippen LogP contribution in [0, 0.1) is 5.82 Å². The van der Waals surface area contributed by atoms with E-state index < -0.39 is 0 Å². The van der Waals surface area contributed by atoms with Crippen LogP contribution in [-0.4, -0.2) is 32.1 Å². The van der Waals surface area contributed by atoms with Crippen molar-refractivity contribution in [1.82, 2.24) is 10.6 Å². The average molecular weight is 309 g/mol. The number of carbonyl (C=O) groups is 1. The predicted octanol–water partition coefficient (Wildman–Crippen LogP) is 2.22. The highest BCUT2D eigenvalue weighted by Gasteiger charge is 2.02. The number of methoxy groups -OCH3 is 1. The van der Waals surface area contributed by atoms with Gasteiger partial charge in [-0.05, 0) is 25.8 Å². The largest absolute Gasteiger partial charge is 0.469 e. The maximum Gasteiger partial charge on any atom is 0.305 e. The zero-order valence-electron chi connectivity index (χ0n) is 13.2. The molecule has 2 N–H and O–H groups in total. The summed E-state index contributed by atoms with van der Waals surface area (Å²) in [5, 5.41) is 6.27. The number of hydrogen-bond acceptors (Lipinski definition) is 3. The standard InChI is InChI=1S/C16H24FN3O2/c1-3-18-16(19-11-7-6-10-15(21)22-2)20-12-13-8-4-5-9-14(13)17/h4-5,8-9H,3,6-7,10-12H2,1-2H3,(H2,18,19,20). The minimum atomic E-state index is -0.250. The molecule has 0 radical (unpaired) electrons. The fraction of sp³-hybridized carbons (Fsp3) is 0.500. The number of hydrogen-bond donors (Lipinski definition) is 2. The Morgan fingerprint density at radius 3 is 2.73 bits per heavy atom. The minimum absolute atomic E-state index is 0.194. The van der Waals surface area contributed by atoms with E-state index in [0.29, 0.717) is 24.5 Å². The average Bonchev–Trinajstić information content (AvgIpc) is 2.53. The van der Waals surface area contributed by atoms with Gasteiger partial charge in [-0.1, -0.05) is 18.2 Å². The maximum absolute atomic E-state index is 13.5. The van der Waals surface area contributed by atoms with Crippen molar-refractivity contribution in [2.75, 3.05) is 20.2 Å². The lowest BCUT2D eigenvalue weighted by atomic mass is 10.2. The Balaban J connectivity index is 2.39. The van der Waals surface area contributed by atoms with Crippen molar-refractivity contribution in [2.45, 2.75) is 32.7 Å². The van der Waals surface area contributed by atoms with Gasteiger partial charge in [0.1, 0.15) is 5.82 Å². The second-order valence-corrected chi connectivity index (χ2v) is 4.75. The highest BCUT2D eigenvalue weighted by molar-refractivity contribution is 5.79. The molecule has 0 aliphatic heterocycles. The van der Waals surface area contributed by atoms with Crippen LogP contribution in [0.2, 0.25) is 0 Å². The molecule has 22 heavy (non-hydrogen) atoms. The second kappa shape index (κ2) is 10.6. The van der Waals surface area contributed by atoms with Crippen LogP contribution in [0.4, 0.5) is 4.39 Å². The molecule has 0 saturated carbocycles. The topological polar surface area (TPSA) is 62.7 Å². The molecule has 0 unspecified atom stereocenters. The maximum atomic E-state index is 13.5. The van der Waals surface area contributed by atoms with Gasteiger partial charge in [0.25, 0.3) is 0 Å². The van der Waals surface area contributed by atoms with Crippen molar-refractivity contribution in [3.05, 3.63) is 35.6 Å². The van der Waals surface area contributed by atoms with E-state index in [1.54, 1.807) is 18.2 Å². The molecular formula is C16H24FN3O2. The van der Waals surface area contributed by atoms with Gasteiger partial charge in [-0.2, -0.15) is 0 Å². The molecule has 122 valence electrons. The van der Waals surface area contributed by atoms with Crippen molar-refractivity contribution in [2.24, 2.45) is 4.99 Å². The molecule has 1 aromatic carbocycles. The van der Waals surface area contributed by atoms with Crippen molar-refractivity contribution >= 4 is 11.9 Å². The third-order valence-electron chi connectivity index (χ3n) is 3.04. The Hall–Kier alpha value is -2.11. The van der Waals surface area contributed by atoms with E-state index in [0.717, 1.165) is 19.4 Å². The molecule has 0 fully saturated rings. The van der Waals surface area contributed by atoms with E-state index in [-0.39, 0.29) is 18.3 Å². The zero-order valence-corrected chi connectivity index (χ0v) is 13.2. The van der Waals surface area contributed by atoms with Crippen molar-refractivity contribution in [1.29, 1.82) is 0 Å². The van der Waals surface area contributed by atoms with Crippen molar-refractivity contribution < 1.29 is 13.9 Å². The van der Waals surface area contributed by atoms with E-state index in [4.69, 9.17) is 0 Å². The Morgan fingerprint density at radius 1 is 1.27 bits per heavy atom. The van der Waals surface area contributed by atoms with Crippen LogP contribution in [0.1, 0.15) is 31.7 Å². The van der Waals surface area contributed by atoms with E-state index in [9.17, 15) is 9.18 Å². The first-order valence-corrected chi connectivity index (χ1v) is 7.49. The third-order valence-corrected chi connectivity index (χ3v) is 3.04. The van der Waals surface area contributed by atoms with Crippen LogP contribution in [0.3, 0.4) is 0 Å². The minimum Gasteiger partial charge on any atom is -0.469 e. The highest BCUT2D eigenvalue weighted by Crippen LogP contribution is 2.07. The van der Waals surface area contributed by atoms with Gasteiger partial charge in [-0.25, -0.2) is 9.38 Å². The molecular weight excluding hydrogens is 285 g/mol. The van der Waals surface area contributed by atoms with Crippen LogP contribution in [0.5, 0.6) is 0 Å². The number of carbonyl (C=O) groups excluding carboxylic acids is 1. The number of halogens is 1.